The van der Waals surface area contributed by atoms with E-state index in [0.717, 1.165) is 15.9 Å². The number of ether oxygens (including phenoxy) is 2. The molecule has 0 bridgehead atoms. The molecule has 1 aliphatic rings. The number of aromatic nitrogens is 1. The van der Waals surface area contributed by atoms with Crippen molar-refractivity contribution in [3.05, 3.63) is 134 Å². The van der Waals surface area contributed by atoms with E-state index in [1.54, 1.807) is 30.3 Å². The number of alkyl halides is 3. The third-order valence-electron chi connectivity index (χ3n) is 6.58. The average molecular weight is 723 g/mol. The van der Waals surface area contributed by atoms with Gasteiger partial charge in [-0.25, -0.2) is 9.79 Å². The summed E-state index contributed by atoms with van der Waals surface area (Å²) in [5.41, 5.74) is -1.79. The fourth-order valence-corrected chi connectivity index (χ4v) is 6.08. The second kappa shape index (κ2) is 13.0. The number of hydrogen-bond acceptors (Lipinski definition) is 8. The van der Waals surface area contributed by atoms with Gasteiger partial charge in [0.25, 0.3) is 11.2 Å². The van der Waals surface area contributed by atoms with Crippen LogP contribution in [0.15, 0.2) is 92.3 Å². The third-order valence-corrected chi connectivity index (χ3v) is 8.31. The summed E-state index contributed by atoms with van der Waals surface area (Å²) in [6.45, 7) is 1.30. The molecule has 4 aromatic rings. The molecule has 45 heavy (non-hydrogen) atoms. The van der Waals surface area contributed by atoms with Crippen LogP contribution in [-0.4, -0.2) is 28.2 Å². The Morgan fingerprint density at radius 2 is 1.84 bits per heavy atom. The van der Waals surface area contributed by atoms with Crippen LogP contribution in [-0.2, 0) is 16.1 Å². The number of nitrogens with zero attached hydrogens (tertiary/aromatic N) is 3. The molecule has 0 fully saturated rings. The predicted molar refractivity (Wildman–Crippen MR) is 164 cm³/mol. The minimum atomic E-state index is -5.04. The number of nitro benzene ring substituents is 1. The van der Waals surface area contributed by atoms with Crippen LogP contribution in [0.1, 0.15) is 29.7 Å². The van der Waals surface area contributed by atoms with Crippen molar-refractivity contribution < 1.29 is 32.4 Å². The van der Waals surface area contributed by atoms with Crippen LogP contribution >= 0.6 is 38.9 Å². The van der Waals surface area contributed by atoms with Gasteiger partial charge >= 0.3 is 12.1 Å². The molecule has 1 atom stereocenters. The number of halogens is 5. The maximum Gasteiger partial charge on any atom is 0.434 e. The summed E-state index contributed by atoms with van der Waals surface area (Å²) in [6, 6.07) is 15.0. The molecule has 5 rings (SSSR count). The van der Waals surface area contributed by atoms with Crippen LogP contribution < -0.4 is 19.6 Å². The summed E-state index contributed by atoms with van der Waals surface area (Å²) < 4.78 is 55.7. The molecule has 9 nitrogen and oxygen atoms in total. The molecule has 3 aromatic carbocycles. The van der Waals surface area contributed by atoms with Crippen molar-refractivity contribution >= 4 is 56.6 Å². The highest BCUT2D eigenvalue weighted by molar-refractivity contribution is 9.10. The number of allylic oxidation sites excluding steroid dienone is 1. The Balaban J connectivity index is 1.64. The smallest absolute Gasteiger partial charge is 0.434 e. The molecule has 1 aromatic heterocycles. The van der Waals surface area contributed by atoms with E-state index in [-0.39, 0.29) is 33.8 Å². The normalized spacial score (nSPS) is 15.0. The number of benzene rings is 3. The van der Waals surface area contributed by atoms with Gasteiger partial charge in [-0.05, 0) is 66.6 Å². The fourth-order valence-electron chi connectivity index (χ4n) is 4.58. The first-order valence-electron chi connectivity index (χ1n) is 13.1. The van der Waals surface area contributed by atoms with Gasteiger partial charge in [0.15, 0.2) is 10.5 Å². The summed E-state index contributed by atoms with van der Waals surface area (Å²) in [4.78, 5) is 40.8. The Bertz CT molecular complexity index is 2010. The molecule has 0 aliphatic carbocycles. The van der Waals surface area contributed by atoms with Crippen molar-refractivity contribution in [1.29, 1.82) is 0 Å². The zero-order valence-corrected chi connectivity index (χ0v) is 26.2. The Morgan fingerprint density at radius 3 is 2.47 bits per heavy atom. The van der Waals surface area contributed by atoms with Crippen LogP contribution in [0.2, 0.25) is 5.02 Å². The number of nitro groups is 1. The second-order valence-corrected chi connectivity index (χ2v) is 11.9. The van der Waals surface area contributed by atoms with E-state index in [1.807, 2.05) is 0 Å². The molecular weight excluding hydrogens is 703 g/mol. The molecular formula is C30H20BrClF3N3O6S. The van der Waals surface area contributed by atoms with Gasteiger partial charge in [-0.3, -0.25) is 19.5 Å². The van der Waals surface area contributed by atoms with Gasteiger partial charge in [-0.15, -0.1) is 0 Å². The number of rotatable bonds is 8. The van der Waals surface area contributed by atoms with Crippen molar-refractivity contribution in [1.82, 2.24) is 4.57 Å². The van der Waals surface area contributed by atoms with Crippen LogP contribution in [0.3, 0.4) is 0 Å². The number of hydrogen-bond donors (Lipinski definition) is 0. The Morgan fingerprint density at radius 1 is 1.16 bits per heavy atom. The zero-order valence-electron chi connectivity index (χ0n) is 23.0. The van der Waals surface area contributed by atoms with E-state index in [2.05, 4.69) is 20.9 Å². The maximum atomic E-state index is 14.4. The minimum Gasteiger partial charge on any atom is -0.488 e. The topological polar surface area (TPSA) is 113 Å². The van der Waals surface area contributed by atoms with Crippen molar-refractivity contribution in [3.63, 3.8) is 0 Å². The number of thiazole rings is 1. The SMILES string of the molecule is CCOC(=O)C1=C(C(F)(F)F)N=c2s/c(=C\c3cc(Br)ccc3OCc3ccc([N+](=O)[O-])cc3)c(=O)n2[C@H]1c1ccc(Cl)cc1. The van der Waals surface area contributed by atoms with Gasteiger partial charge in [0.05, 0.1) is 27.7 Å². The molecule has 0 unspecified atom stereocenters. The average Bonchev–Trinajstić information content (AvgIpc) is 3.30. The standard InChI is InChI=1S/C30H20BrClF3N3O6S/c1-2-43-28(40)24-25(17-5-8-20(32)9-6-17)37-27(39)23(45-29(37)36-26(24)30(33,34)35)14-18-13-19(31)7-12-22(18)44-15-16-3-10-21(11-4-16)38(41)42/h3-14,25H,2,15H2,1H3/b23-14-/t25-/m0/s1. The highest BCUT2D eigenvalue weighted by atomic mass is 79.9. The molecule has 0 amide bonds. The molecule has 1 aliphatic heterocycles. The summed E-state index contributed by atoms with van der Waals surface area (Å²) >= 11 is 10.1. The third kappa shape index (κ3) is 6.87. The van der Waals surface area contributed by atoms with E-state index in [9.17, 15) is 32.9 Å². The van der Waals surface area contributed by atoms with Gasteiger partial charge in [-0.2, -0.15) is 13.2 Å². The molecule has 2 heterocycles. The van der Waals surface area contributed by atoms with Gasteiger partial charge < -0.3 is 9.47 Å². The molecule has 0 N–H and O–H groups in total. The highest BCUT2D eigenvalue weighted by Crippen LogP contribution is 2.38. The van der Waals surface area contributed by atoms with Crippen LogP contribution in [0.4, 0.5) is 18.9 Å². The number of carbonyl (C=O) groups is 1. The molecule has 0 spiro atoms. The Kier molecular flexibility index (Phi) is 9.28. The lowest BCUT2D eigenvalue weighted by Gasteiger charge is -2.26. The van der Waals surface area contributed by atoms with Gasteiger partial charge in [-0.1, -0.05) is 51.0 Å². The molecule has 0 saturated heterocycles. The summed E-state index contributed by atoms with van der Waals surface area (Å²) in [7, 11) is 0. The van der Waals surface area contributed by atoms with E-state index in [1.165, 1.54) is 49.4 Å². The fraction of sp³-hybridized carbons (Fsp3) is 0.167. The first-order chi connectivity index (χ1) is 21.4. The molecule has 15 heteroatoms. The van der Waals surface area contributed by atoms with Gasteiger partial charge in [0, 0.05) is 27.2 Å². The van der Waals surface area contributed by atoms with E-state index in [4.69, 9.17) is 21.1 Å². The lowest BCUT2D eigenvalue weighted by Crippen LogP contribution is -2.41. The number of carbonyl (C=O) groups excluding carboxylic acids is 1. The van der Waals surface area contributed by atoms with E-state index in [0.29, 0.717) is 26.4 Å². The Hall–Kier alpha value is -4.27. The van der Waals surface area contributed by atoms with Crippen molar-refractivity contribution in [2.75, 3.05) is 6.61 Å². The Labute approximate surface area is 269 Å². The lowest BCUT2D eigenvalue weighted by molar-refractivity contribution is -0.384. The quantitative estimate of drug-likeness (QED) is 0.121. The highest BCUT2D eigenvalue weighted by Gasteiger charge is 2.45. The van der Waals surface area contributed by atoms with Crippen LogP contribution in [0.5, 0.6) is 5.75 Å². The monoisotopic (exact) mass is 721 g/mol. The largest absolute Gasteiger partial charge is 0.488 e. The summed E-state index contributed by atoms with van der Waals surface area (Å²) in [5.74, 6) is -0.920. The number of non-ortho nitro benzene ring substituents is 1. The van der Waals surface area contributed by atoms with Crippen molar-refractivity contribution in [2.24, 2.45) is 4.99 Å². The van der Waals surface area contributed by atoms with Crippen molar-refractivity contribution in [2.45, 2.75) is 25.7 Å². The summed E-state index contributed by atoms with van der Waals surface area (Å²) in [5, 5.41) is 11.3. The van der Waals surface area contributed by atoms with Crippen molar-refractivity contribution in [3.8, 4) is 5.75 Å². The maximum absolute atomic E-state index is 14.4. The number of esters is 1. The predicted octanol–water partition coefficient (Wildman–Crippen LogP) is 6.24. The van der Waals surface area contributed by atoms with Gasteiger partial charge in [0.1, 0.15) is 12.4 Å². The van der Waals surface area contributed by atoms with Gasteiger partial charge in [0.2, 0.25) is 0 Å². The molecule has 0 radical (unpaired) electrons. The van der Waals surface area contributed by atoms with E-state index < -0.39 is 39.9 Å². The van der Waals surface area contributed by atoms with Crippen LogP contribution in [0.25, 0.3) is 6.08 Å². The van der Waals surface area contributed by atoms with Crippen LogP contribution in [0, 0.1) is 10.1 Å². The molecule has 0 saturated carbocycles. The minimum absolute atomic E-state index is 0.0256. The lowest BCUT2D eigenvalue weighted by atomic mass is 9.95. The molecule has 232 valence electrons. The zero-order chi connectivity index (χ0) is 32.5. The first kappa shape index (κ1) is 32.1. The summed E-state index contributed by atoms with van der Waals surface area (Å²) in [6.07, 6.45) is -3.58. The second-order valence-electron chi connectivity index (χ2n) is 9.51. The first-order valence-corrected chi connectivity index (χ1v) is 15.1. The number of fused-ring (bicyclic) bond motifs is 1. The van der Waals surface area contributed by atoms with E-state index >= 15 is 0 Å².